The maximum atomic E-state index is 14.7. The van der Waals surface area contributed by atoms with E-state index in [1.54, 1.807) is 17.0 Å². The molecule has 0 spiro atoms. The highest BCUT2D eigenvalue weighted by molar-refractivity contribution is 7.22. The fourth-order valence-electron chi connectivity index (χ4n) is 3.89. The van der Waals surface area contributed by atoms with E-state index in [0.29, 0.717) is 35.6 Å². The number of fused-ring (bicyclic) bond motifs is 1. The highest BCUT2D eigenvalue weighted by atomic mass is 32.1. The van der Waals surface area contributed by atoms with Crippen LogP contribution in [0.4, 0.5) is 28.8 Å². The Kier molecular flexibility index (Phi) is 6.73. The summed E-state index contributed by atoms with van der Waals surface area (Å²) < 4.78 is 41.9. The molecule has 3 N–H and O–H groups in total. The molecule has 2 aromatic carbocycles. The molecule has 1 aromatic heterocycles. The van der Waals surface area contributed by atoms with Crippen molar-refractivity contribution < 1.29 is 28.2 Å². The van der Waals surface area contributed by atoms with Crippen molar-refractivity contribution in [3.63, 3.8) is 0 Å². The number of thiazole rings is 1. The van der Waals surface area contributed by atoms with Crippen LogP contribution in [0.3, 0.4) is 0 Å². The van der Waals surface area contributed by atoms with E-state index in [2.05, 4.69) is 10.3 Å². The number of nitrogens with one attached hydrogen (secondary N) is 1. The highest BCUT2D eigenvalue weighted by Gasteiger charge is 2.29. The summed E-state index contributed by atoms with van der Waals surface area (Å²) in [6.45, 7) is 2.60. The number of nitrogens with zero attached hydrogens (tertiary/aromatic N) is 3. The number of rotatable bonds is 5. The number of benzene rings is 2. The zero-order chi connectivity index (χ0) is 23.7. The fourth-order valence-corrected chi connectivity index (χ4v) is 4.75. The van der Waals surface area contributed by atoms with Crippen LogP contribution in [0.1, 0.15) is 12.5 Å². The highest BCUT2D eigenvalue weighted by Crippen LogP contribution is 2.29. The summed E-state index contributed by atoms with van der Waals surface area (Å²) in [5.41, 5.74) is 1.25. The third-order valence-corrected chi connectivity index (χ3v) is 6.50. The van der Waals surface area contributed by atoms with Crippen molar-refractivity contribution in [2.24, 2.45) is 0 Å². The first-order valence-corrected chi connectivity index (χ1v) is 11.2. The number of hydrogen-bond donors (Lipinski definition) is 3. The first-order chi connectivity index (χ1) is 15.7. The molecule has 0 saturated carbocycles. The molecule has 1 saturated heterocycles. The van der Waals surface area contributed by atoms with E-state index in [-0.39, 0.29) is 23.1 Å². The Labute approximate surface area is 192 Å². The summed E-state index contributed by atoms with van der Waals surface area (Å²) in [7, 11) is 0. The van der Waals surface area contributed by atoms with Gasteiger partial charge in [0.05, 0.1) is 28.6 Å². The van der Waals surface area contributed by atoms with Gasteiger partial charge in [-0.1, -0.05) is 17.4 Å². The molecule has 1 aliphatic heterocycles. The topological polar surface area (TPSA) is 88.9 Å². The van der Waals surface area contributed by atoms with Crippen molar-refractivity contribution >= 4 is 38.4 Å². The number of urea groups is 1. The monoisotopic (exact) mass is 480 g/mol. The van der Waals surface area contributed by atoms with Crippen molar-refractivity contribution in [2.45, 2.75) is 25.5 Å². The maximum absolute atomic E-state index is 14.7. The molecule has 2 heterocycles. The Morgan fingerprint density at radius 2 is 1.97 bits per heavy atom. The van der Waals surface area contributed by atoms with Crippen molar-refractivity contribution in [3.05, 3.63) is 53.3 Å². The van der Waals surface area contributed by atoms with Gasteiger partial charge in [-0.15, -0.1) is 0 Å². The van der Waals surface area contributed by atoms with Crippen LogP contribution in [0, 0.1) is 17.5 Å². The molecule has 0 bridgehead atoms. The molecule has 11 heteroatoms. The van der Waals surface area contributed by atoms with Gasteiger partial charge in [-0.3, -0.25) is 5.32 Å². The summed E-state index contributed by atoms with van der Waals surface area (Å²) in [4.78, 5) is 20.4. The summed E-state index contributed by atoms with van der Waals surface area (Å²) in [5, 5.41) is 21.4. The van der Waals surface area contributed by atoms with Crippen LogP contribution in [0.15, 0.2) is 30.3 Å². The smallest absolute Gasteiger partial charge is 0.324 e. The molecule has 176 valence electrons. The van der Waals surface area contributed by atoms with Crippen LogP contribution in [-0.4, -0.2) is 64.5 Å². The summed E-state index contributed by atoms with van der Waals surface area (Å²) >= 11 is 1.05. The number of piperazine rings is 1. The molecule has 7 nitrogen and oxygen atoms in total. The predicted octanol–water partition coefficient (Wildman–Crippen LogP) is 3.35. The van der Waals surface area contributed by atoms with Crippen LogP contribution in [0.2, 0.25) is 0 Å². The second-order valence-corrected chi connectivity index (χ2v) is 9.03. The van der Waals surface area contributed by atoms with E-state index in [9.17, 15) is 23.1 Å². The SMILES string of the molecule is C[C@H]1CN(c2ccc(C[C@@H](O)CO)cc2F)CCN1C(=O)Nc1nc2cc(F)c(F)cc2s1. The lowest BCUT2D eigenvalue weighted by Gasteiger charge is -2.40. The lowest BCUT2D eigenvalue weighted by Crippen LogP contribution is -2.55. The average molecular weight is 481 g/mol. The molecule has 1 aliphatic rings. The van der Waals surface area contributed by atoms with Crippen molar-refractivity contribution in [3.8, 4) is 0 Å². The third-order valence-electron chi connectivity index (χ3n) is 5.57. The van der Waals surface area contributed by atoms with Crippen LogP contribution in [-0.2, 0) is 6.42 Å². The zero-order valence-electron chi connectivity index (χ0n) is 17.8. The minimum Gasteiger partial charge on any atom is -0.394 e. The summed E-state index contributed by atoms with van der Waals surface area (Å²) in [5.74, 6) is -2.41. The van der Waals surface area contributed by atoms with E-state index in [0.717, 1.165) is 23.5 Å². The zero-order valence-corrected chi connectivity index (χ0v) is 18.6. The second kappa shape index (κ2) is 9.54. The Balaban J connectivity index is 1.40. The Morgan fingerprint density at radius 3 is 2.67 bits per heavy atom. The van der Waals surface area contributed by atoms with Crippen LogP contribution >= 0.6 is 11.3 Å². The number of carbonyl (C=O) groups excluding carboxylic acids is 1. The van der Waals surface area contributed by atoms with Gasteiger partial charge in [0.25, 0.3) is 0 Å². The van der Waals surface area contributed by atoms with Gasteiger partial charge in [0.1, 0.15) is 5.82 Å². The summed E-state index contributed by atoms with van der Waals surface area (Å²) in [6.07, 6.45) is -0.783. The number of hydrogen-bond acceptors (Lipinski definition) is 6. The first-order valence-electron chi connectivity index (χ1n) is 10.4. The number of halogens is 3. The maximum Gasteiger partial charge on any atom is 0.324 e. The first kappa shape index (κ1) is 23.3. The Bertz CT molecular complexity index is 1140. The van der Waals surface area contributed by atoms with Crippen molar-refractivity contribution in [1.29, 1.82) is 0 Å². The van der Waals surface area contributed by atoms with Gasteiger partial charge in [0.15, 0.2) is 16.8 Å². The van der Waals surface area contributed by atoms with Crippen LogP contribution < -0.4 is 10.2 Å². The number of anilines is 2. The summed E-state index contributed by atoms with van der Waals surface area (Å²) in [6, 6.07) is 6.09. The van der Waals surface area contributed by atoms with Gasteiger partial charge in [-0.05, 0) is 30.7 Å². The van der Waals surface area contributed by atoms with Gasteiger partial charge in [0.2, 0.25) is 0 Å². The van der Waals surface area contributed by atoms with Gasteiger partial charge in [0, 0.05) is 38.2 Å². The second-order valence-electron chi connectivity index (χ2n) is 8.00. The molecule has 3 aromatic rings. The number of aliphatic hydroxyl groups is 2. The number of aromatic nitrogens is 1. The molecule has 33 heavy (non-hydrogen) atoms. The molecule has 2 atom stereocenters. The normalized spacial score (nSPS) is 17.5. The molecule has 2 amide bonds. The predicted molar refractivity (Wildman–Crippen MR) is 120 cm³/mol. The Morgan fingerprint density at radius 1 is 1.21 bits per heavy atom. The molecular weight excluding hydrogens is 457 g/mol. The lowest BCUT2D eigenvalue weighted by molar-refractivity contribution is 0.0954. The van der Waals surface area contributed by atoms with Gasteiger partial charge >= 0.3 is 6.03 Å². The van der Waals surface area contributed by atoms with Crippen LogP contribution in [0.5, 0.6) is 0 Å². The lowest BCUT2D eigenvalue weighted by atomic mass is 10.1. The average Bonchev–Trinajstić information content (AvgIpc) is 3.14. The number of aliphatic hydroxyl groups excluding tert-OH is 2. The van der Waals surface area contributed by atoms with Crippen molar-refractivity contribution in [1.82, 2.24) is 9.88 Å². The Hall–Kier alpha value is -2.89. The molecule has 4 rings (SSSR count). The minimum atomic E-state index is -1.000. The molecule has 1 fully saturated rings. The van der Waals surface area contributed by atoms with Gasteiger partial charge in [-0.25, -0.2) is 22.9 Å². The van der Waals surface area contributed by atoms with Gasteiger partial charge in [-0.2, -0.15) is 0 Å². The van der Waals surface area contributed by atoms with Crippen molar-refractivity contribution in [2.75, 3.05) is 36.5 Å². The largest absolute Gasteiger partial charge is 0.394 e. The quantitative estimate of drug-likeness (QED) is 0.521. The minimum absolute atomic E-state index is 0.156. The number of amides is 2. The third kappa shape index (κ3) is 5.05. The molecule has 0 radical (unpaired) electrons. The van der Waals surface area contributed by atoms with Gasteiger partial charge < -0.3 is 20.0 Å². The standard InChI is InChI=1S/C22H23F3N4O3S/c1-12-10-28(19-3-2-13(7-17(19)25)6-14(31)11-30)4-5-29(12)22(32)27-21-26-18-8-15(23)16(24)9-20(18)33-21/h2-3,7-9,12,14,30-31H,4-6,10-11H2,1H3,(H,26,27,32)/t12-,14+/m0/s1. The molecule has 0 aliphatic carbocycles. The van der Waals surface area contributed by atoms with E-state index in [1.807, 2.05) is 11.8 Å². The van der Waals surface area contributed by atoms with E-state index >= 15 is 0 Å². The molecular formula is C22H23F3N4O3S. The van der Waals surface area contributed by atoms with E-state index in [1.165, 1.54) is 6.07 Å². The number of carbonyl (C=O) groups is 1. The molecule has 0 unspecified atom stereocenters. The van der Waals surface area contributed by atoms with E-state index < -0.39 is 36.2 Å². The fraction of sp³-hybridized carbons (Fsp3) is 0.364. The van der Waals surface area contributed by atoms with Crippen LogP contribution in [0.25, 0.3) is 10.2 Å². The van der Waals surface area contributed by atoms with E-state index in [4.69, 9.17) is 5.11 Å².